The monoisotopic (exact) mass is 1370 g/mol. The highest BCUT2D eigenvalue weighted by molar-refractivity contribution is 7.48. The number of fused-ring (bicyclic) bond motifs is 12. The van der Waals surface area contributed by atoms with Crippen LogP contribution in [0, 0.1) is 0 Å². The molecule has 14 rings (SSSR count). The van der Waals surface area contributed by atoms with Gasteiger partial charge in [-0.15, -0.1) is 0 Å². The normalized spacial score (nSPS) is 37.0. The Balaban J connectivity index is 0.000000168. The van der Waals surface area contributed by atoms with E-state index in [-0.39, 0.29) is 68.2 Å². The van der Waals surface area contributed by atoms with Gasteiger partial charge in [-0.3, -0.25) is 74.0 Å². The minimum atomic E-state index is -5.14. The van der Waals surface area contributed by atoms with Gasteiger partial charge in [-0.05, 0) is 5.53 Å². The maximum atomic E-state index is 13.3. The second-order valence-corrected chi connectivity index (χ2v) is 26.2. The topological polar surface area (TPSA) is 694 Å². The van der Waals surface area contributed by atoms with E-state index >= 15 is 0 Å². The lowest BCUT2D eigenvalue weighted by molar-refractivity contribution is -0.0674. The maximum absolute atomic E-state index is 13.3. The number of hydrogen-bond donors (Lipinski definition) is 13. The average Bonchev–Trinajstić information content (AvgIpc) is 1.63. The lowest BCUT2D eigenvalue weighted by atomic mass is 10.1. The van der Waals surface area contributed by atoms with Gasteiger partial charge in [-0.25, -0.2) is 58.1 Å². The first-order valence-corrected chi connectivity index (χ1v) is 32.4. The van der Waals surface area contributed by atoms with Gasteiger partial charge in [0.2, 0.25) is 11.9 Å². The first-order valence-electron chi connectivity index (χ1n) is 26.4. The summed E-state index contributed by atoms with van der Waals surface area (Å²) < 4.78 is 124. The number of rotatable bonds is 5. The molecule has 4 unspecified atom stereocenters. The summed E-state index contributed by atoms with van der Waals surface area (Å²) in [7, 11) is -20.3. The van der Waals surface area contributed by atoms with Crippen LogP contribution < -0.4 is 39.8 Å². The predicted octanol–water partition coefficient (Wildman–Crippen LogP) is -3.40. The van der Waals surface area contributed by atoms with Crippen molar-refractivity contribution in [1.29, 1.82) is 0 Å². The van der Waals surface area contributed by atoms with Gasteiger partial charge in [0.15, 0.2) is 70.2 Å². The molecule has 8 aromatic rings. The highest BCUT2D eigenvalue weighted by Gasteiger charge is 2.56. The van der Waals surface area contributed by atoms with Crippen molar-refractivity contribution in [3.8, 4) is 0 Å². The summed E-state index contributed by atoms with van der Waals surface area (Å²) in [5.74, 6) is -0.517. The summed E-state index contributed by atoms with van der Waals surface area (Å²) in [6.45, 7) is -3.14. The molecule has 492 valence electrons. The van der Waals surface area contributed by atoms with Crippen LogP contribution in [-0.4, -0.2) is 207 Å². The van der Waals surface area contributed by atoms with Gasteiger partial charge < -0.3 is 77.4 Å². The summed E-state index contributed by atoms with van der Waals surface area (Å²) in [4.78, 5) is 115. The molecule has 52 heteroatoms. The van der Waals surface area contributed by atoms with Crippen molar-refractivity contribution in [3.05, 3.63) is 69.1 Å². The van der Waals surface area contributed by atoms with E-state index in [4.69, 9.17) is 83.8 Å². The number of nitrogen functional groups attached to an aromatic ring is 4. The van der Waals surface area contributed by atoms with Crippen LogP contribution in [0.4, 0.5) is 23.5 Å². The Morgan fingerprint density at radius 1 is 0.500 bits per heavy atom. The van der Waals surface area contributed by atoms with E-state index in [0.717, 1.165) is 29.9 Å². The number of anilines is 4. The summed E-state index contributed by atoms with van der Waals surface area (Å²) in [6.07, 6.45) is -14.3. The van der Waals surface area contributed by atoms with E-state index < -0.39 is 167 Å². The molecule has 0 spiro atoms. The molecule has 0 amide bonds. The number of nitrogens with zero attached hydrogens (tertiary/aromatic N) is 17. The van der Waals surface area contributed by atoms with Gasteiger partial charge in [0.05, 0.1) is 69.9 Å². The van der Waals surface area contributed by atoms with Crippen molar-refractivity contribution in [1.82, 2.24) is 78.1 Å². The third kappa shape index (κ3) is 11.8. The quantitative estimate of drug-likeness (QED) is 0.0346. The van der Waals surface area contributed by atoms with Gasteiger partial charge in [-0.2, -0.15) is 9.97 Å². The Hall–Kier alpha value is -7.53. The molecule has 20 atom stereocenters. The Kier molecular flexibility index (Phi) is 16.4. The SMILES string of the molecule is Nc1nc2c(ncn2[C@@H]2O[C@@H]3COP(=O)(O)O[C@@H]4[C@H](O)[C@@H](COP(=O)(O)O[C@@H]2[C@@H]3N)O[C@H]4n2cnc3c(N)ncnc32)c(=O)[nH]1.[N-]=[N+]=N[C@H]1[C@H]2OP(=O)(O)OC[C@H]3O[C@@H](n4cnc5c(N)ncnc54)[C@H](OP(=O)(O)OC[C@H]1O[C@H]2n1cnc2c(=O)[nH]c(N)nc21)[C@@H]3O. The minimum Gasteiger partial charge on any atom is -0.387 e. The zero-order valence-electron chi connectivity index (χ0n) is 45.8. The van der Waals surface area contributed by atoms with E-state index in [1.807, 2.05) is 0 Å². The highest BCUT2D eigenvalue weighted by atomic mass is 31.2. The zero-order chi connectivity index (χ0) is 65.1. The van der Waals surface area contributed by atoms with Crippen molar-refractivity contribution in [2.45, 2.75) is 98.0 Å². The summed E-state index contributed by atoms with van der Waals surface area (Å²) in [5.41, 5.74) is 37.3. The molecule has 6 saturated heterocycles. The first-order chi connectivity index (χ1) is 43.7. The Morgan fingerprint density at radius 2 is 0.848 bits per heavy atom. The smallest absolute Gasteiger partial charge is 0.387 e. The Bertz CT molecular complexity index is 4570. The molecule has 0 saturated carbocycles. The van der Waals surface area contributed by atoms with Gasteiger partial charge in [0, 0.05) is 4.91 Å². The van der Waals surface area contributed by atoms with Gasteiger partial charge in [0.25, 0.3) is 11.1 Å². The molecular weight excluding hydrogens is 1320 g/mol. The number of imidazole rings is 4. The molecule has 0 aromatic carbocycles. The van der Waals surface area contributed by atoms with E-state index in [9.17, 15) is 63.2 Å². The third-order valence-electron chi connectivity index (χ3n) is 14.9. The summed E-state index contributed by atoms with van der Waals surface area (Å²) >= 11 is 0. The molecule has 0 aliphatic carbocycles. The van der Waals surface area contributed by atoms with Gasteiger partial charge in [-0.1, -0.05) is 5.11 Å². The second kappa shape index (κ2) is 23.8. The molecule has 8 aromatic heterocycles. The molecule has 18 N–H and O–H groups in total. The molecule has 6 aliphatic rings. The molecular formula is C40H48N24O24P4. The van der Waals surface area contributed by atoms with Crippen LogP contribution >= 0.6 is 31.3 Å². The number of ether oxygens (including phenoxy) is 4. The molecule has 14 heterocycles. The molecule has 92 heavy (non-hydrogen) atoms. The number of hydrogen-bond acceptors (Lipinski definition) is 36. The summed E-state index contributed by atoms with van der Waals surface area (Å²) in [6, 6.07) is -2.80. The Morgan fingerprint density at radius 3 is 1.29 bits per heavy atom. The second-order valence-electron chi connectivity index (χ2n) is 20.6. The molecule has 0 radical (unpaired) electrons. The number of phosphoric acid groups is 4. The van der Waals surface area contributed by atoms with Crippen LogP contribution in [0.25, 0.3) is 55.1 Å². The Labute approximate surface area is 506 Å². The van der Waals surface area contributed by atoms with Gasteiger partial charge in [0.1, 0.15) is 78.6 Å². The van der Waals surface area contributed by atoms with Crippen LogP contribution in [0.2, 0.25) is 0 Å². The number of phosphoric ester groups is 4. The number of nitrogens with two attached hydrogens (primary N) is 5. The number of aromatic nitrogens is 16. The number of azide groups is 1. The summed E-state index contributed by atoms with van der Waals surface area (Å²) in [5, 5.41) is 25.8. The van der Waals surface area contributed by atoms with E-state index in [1.165, 1.54) is 26.4 Å². The maximum Gasteiger partial charge on any atom is 0.472 e. The predicted molar refractivity (Wildman–Crippen MR) is 296 cm³/mol. The fourth-order valence-electron chi connectivity index (χ4n) is 10.8. The minimum absolute atomic E-state index is 0.00949. The van der Waals surface area contributed by atoms with Crippen LogP contribution in [0.3, 0.4) is 0 Å². The number of nitrogens with one attached hydrogen (secondary N) is 2. The van der Waals surface area contributed by atoms with Crippen molar-refractivity contribution >= 4 is 99.5 Å². The van der Waals surface area contributed by atoms with Crippen LogP contribution in [0.5, 0.6) is 0 Å². The average molecular weight is 1370 g/mol. The van der Waals surface area contributed by atoms with E-state index in [0.29, 0.717) is 0 Å². The molecule has 8 bridgehead atoms. The molecule has 48 nitrogen and oxygen atoms in total. The number of H-pyrrole nitrogens is 2. The first kappa shape index (κ1) is 63.2. The highest BCUT2D eigenvalue weighted by Crippen LogP contribution is 2.56. The van der Waals surface area contributed by atoms with Crippen molar-refractivity contribution in [2.75, 3.05) is 49.4 Å². The largest absolute Gasteiger partial charge is 0.472 e. The molecule has 6 fully saturated rings. The fourth-order valence-corrected chi connectivity index (χ4v) is 14.6. The van der Waals surface area contributed by atoms with E-state index in [2.05, 4.69) is 69.8 Å². The van der Waals surface area contributed by atoms with Crippen LogP contribution in [0.15, 0.2) is 52.7 Å². The number of aliphatic hydroxyl groups excluding tert-OH is 2. The lowest BCUT2D eigenvalue weighted by Gasteiger charge is -2.26. The lowest BCUT2D eigenvalue weighted by Crippen LogP contribution is -2.43. The van der Waals surface area contributed by atoms with E-state index in [1.54, 1.807) is 0 Å². The number of aliphatic hydroxyl groups is 2. The van der Waals surface area contributed by atoms with Crippen molar-refractivity contribution < 1.29 is 103 Å². The number of aromatic amines is 2. The van der Waals surface area contributed by atoms with Crippen LogP contribution in [0.1, 0.15) is 24.9 Å². The standard InChI is InChI=1S/C20H23N13O12P2.C20H25N11O12P2/c21-14-9-15(25-3-24-14)32(4-26-9)19-13-11(34)7(43-19)2-41-46(36,37)44-12-8(30-31-23)6(1-40-47(38,39)45-13)42-18(12)33-5-27-10-16(33)28-20(22)29-17(10)35;21-8-6-1-38-45(36,37)43-13-11(32)7(41-19(13)30-4-26-9-14(22)24-3-25-15(9)30)2-39-44(34,35)42-12(8)18(40-6)31-5-27-10-16(31)28-20(23)29-17(10)33/h3-8,11-13,18-19,34H,1-2H2,(H,36,37)(H,38,39)(H2,21,24,25)(H3,22,28,29,35);3-8,11-13,18-19,32H,1-2,21H2,(H,34,35)(H,36,37)(H2,22,24,25)(H3,23,28,29,33)/t2*6-,7-,8-,11-,12-,13-,18-,19-/m11/s1. The third-order valence-corrected chi connectivity index (χ3v) is 18.9. The van der Waals surface area contributed by atoms with Gasteiger partial charge >= 0.3 is 31.3 Å². The zero-order valence-corrected chi connectivity index (χ0v) is 49.4. The van der Waals surface area contributed by atoms with Crippen LogP contribution in [-0.2, 0) is 73.4 Å². The van der Waals surface area contributed by atoms with Crippen molar-refractivity contribution in [2.24, 2.45) is 10.8 Å². The van der Waals surface area contributed by atoms with Crippen molar-refractivity contribution in [3.63, 3.8) is 0 Å². The fraction of sp³-hybridized carbons (Fsp3) is 0.500. The molecule has 6 aliphatic heterocycles.